The van der Waals surface area contributed by atoms with Crippen molar-refractivity contribution in [2.24, 2.45) is 4.99 Å². The molecule has 0 aliphatic heterocycles. The van der Waals surface area contributed by atoms with Gasteiger partial charge in [-0.25, -0.2) is 14.8 Å². The molecule has 0 saturated heterocycles. The van der Waals surface area contributed by atoms with E-state index in [1.165, 1.54) is 0 Å². The molecule has 0 radical (unpaired) electrons. The van der Waals surface area contributed by atoms with Crippen LogP contribution in [0.4, 0.5) is 18.9 Å². The van der Waals surface area contributed by atoms with Gasteiger partial charge in [0.25, 0.3) is 0 Å². The van der Waals surface area contributed by atoms with Crippen molar-refractivity contribution in [2.45, 2.75) is 36.5 Å². The Balaban J connectivity index is 1.39. The fraction of sp³-hybridized carbons (Fsp3) is 0.179. The Morgan fingerprint density at radius 2 is 1.64 bits per heavy atom. The minimum absolute atomic E-state index is 0.0245. The zero-order valence-electron chi connectivity index (χ0n) is 20.8. The molecule has 39 heavy (non-hydrogen) atoms. The number of aliphatic carboxylic acids is 1. The van der Waals surface area contributed by atoms with Crippen molar-refractivity contribution in [3.05, 3.63) is 102 Å². The maximum Gasteiger partial charge on any atom is 0.433 e. The number of hydrogen-bond acceptors (Lipinski definition) is 6. The minimum atomic E-state index is -4.55. The smallest absolute Gasteiger partial charge is 0.433 e. The highest BCUT2D eigenvalue weighted by Crippen LogP contribution is 2.29. The summed E-state index contributed by atoms with van der Waals surface area (Å²) in [5, 5.41) is 12.9. The molecule has 2 aromatic heterocycles. The zero-order valence-corrected chi connectivity index (χ0v) is 21.6. The van der Waals surface area contributed by atoms with Crippen LogP contribution < -0.4 is 5.32 Å². The van der Waals surface area contributed by atoms with E-state index in [1.807, 2.05) is 54.6 Å². The van der Waals surface area contributed by atoms with Crippen LogP contribution >= 0.6 is 11.8 Å². The molecule has 0 saturated carbocycles. The standard InChI is InChI=1S/C28H24F3N5O2S/c1-18(33-21-12-10-20(11-13-21)19-6-3-2-4-7-19)34-24(26(37)38)16-22-8-5-9-23(35-22)17-39-27-32-15-14-25(36-27)28(29,30)31/h2-15,24H,16-17H2,1H3,(H,33,34)(H,37,38). The number of carbonyl (C=O) groups is 1. The van der Waals surface area contributed by atoms with Crippen molar-refractivity contribution in [3.63, 3.8) is 0 Å². The number of aliphatic imine (C=N–C) groups is 1. The summed E-state index contributed by atoms with van der Waals surface area (Å²) in [7, 11) is 0. The van der Waals surface area contributed by atoms with E-state index in [1.54, 1.807) is 25.1 Å². The first kappa shape index (κ1) is 27.8. The second-order valence-electron chi connectivity index (χ2n) is 8.47. The van der Waals surface area contributed by atoms with Gasteiger partial charge in [0.05, 0.1) is 11.5 Å². The Labute approximate surface area is 227 Å². The summed E-state index contributed by atoms with van der Waals surface area (Å²) in [4.78, 5) is 28.1. The predicted octanol–water partition coefficient (Wildman–Crippen LogP) is 6.38. The average molecular weight is 552 g/mol. The van der Waals surface area contributed by atoms with Crippen molar-refractivity contribution in [2.75, 3.05) is 5.32 Å². The third kappa shape index (κ3) is 8.11. The minimum Gasteiger partial charge on any atom is -0.480 e. The molecule has 4 rings (SSSR count). The first-order valence-corrected chi connectivity index (χ1v) is 12.8. The number of nitrogens with zero attached hydrogens (tertiary/aromatic N) is 4. The van der Waals surface area contributed by atoms with E-state index in [4.69, 9.17) is 0 Å². The highest BCUT2D eigenvalue weighted by atomic mass is 32.2. The zero-order chi connectivity index (χ0) is 27.8. The first-order valence-electron chi connectivity index (χ1n) is 11.8. The molecule has 200 valence electrons. The van der Waals surface area contributed by atoms with Gasteiger partial charge < -0.3 is 10.4 Å². The number of halogens is 3. The number of thioether (sulfide) groups is 1. The second-order valence-corrected chi connectivity index (χ2v) is 9.41. The summed E-state index contributed by atoms with van der Waals surface area (Å²) < 4.78 is 38.7. The van der Waals surface area contributed by atoms with Gasteiger partial charge >= 0.3 is 12.1 Å². The van der Waals surface area contributed by atoms with Crippen molar-refractivity contribution in [1.29, 1.82) is 0 Å². The Morgan fingerprint density at radius 3 is 2.33 bits per heavy atom. The van der Waals surface area contributed by atoms with Gasteiger partial charge in [-0.2, -0.15) is 13.2 Å². The number of pyridine rings is 1. The van der Waals surface area contributed by atoms with Crippen LogP contribution in [0.15, 0.2) is 95.2 Å². The molecule has 2 heterocycles. The Morgan fingerprint density at radius 1 is 0.949 bits per heavy atom. The van der Waals surface area contributed by atoms with Gasteiger partial charge in [0.1, 0.15) is 5.69 Å². The average Bonchev–Trinajstić information content (AvgIpc) is 2.92. The fourth-order valence-electron chi connectivity index (χ4n) is 3.67. The van der Waals surface area contributed by atoms with E-state index < -0.39 is 23.9 Å². The first-order chi connectivity index (χ1) is 18.7. The maximum absolute atomic E-state index is 12.9. The SMILES string of the molecule is CC(=NC(Cc1cccc(CSc2nccc(C(F)(F)F)n2)n1)C(=O)O)Nc1ccc(-c2ccccc2)cc1. The largest absolute Gasteiger partial charge is 0.480 e. The van der Waals surface area contributed by atoms with Gasteiger partial charge in [-0.05, 0) is 48.4 Å². The lowest BCUT2D eigenvalue weighted by atomic mass is 10.1. The molecular weight excluding hydrogens is 527 g/mol. The molecule has 1 atom stereocenters. The summed E-state index contributed by atoms with van der Waals surface area (Å²) >= 11 is 1.01. The van der Waals surface area contributed by atoms with Crippen LogP contribution in [0, 0.1) is 0 Å². The van der Waals surface area contributed by atoms with Crippen LogP contribution in [0.25, 0.3) is 11.1 Å². The van der Waals surface area contributed by atoms with Gasteiger partial charge in [-0.1, -0.05) is 60.3 Å². The number of aromatic nitrogens is 3. The summed E-state index contributed by atoms with van der Waals surface area (Å²) in [6.45, 7) is 1.69. The van der Waals surface area contributed by atoms with Gasteiger partial charge in [-0.15, -0.1) is 0 Å². The molecule has 1 unspecified atom stereocenters. The van der Waals surface area contributed by atoms with Crippen LogP contribution in [0.5, 0.6) is 0 Å². The van der Waals surface area contributed by atoms with Crippen molar-refractivity contribution in [3.8, 4) is 11.1 Å². The van der Waals surface area contributed by atoms with Crippen molar-refractivity contribution in [1.82, 2.24) is 15.0 Å². The number of alkyl halides is 3. The molecule has 11 heteroatoms. The lowest BCUT2D eigenvalue weighted by Crippen LogP contribution is -2.24. The van der Waals surface area contributed by atoms with Gasteiger partial charge in [0, 0.05) is 29.8 Å². The summed E-state index contributed by atoms with van der Waals surface area (Å²) in [5.74, 6) is -0.451. The third-order valence-corrected chi connectivity index (χ3v) is 6.39. The van der Waals surface area contributed by atoms with Crippen LogP contribution in [-0.2, 0) is 23.1 Å². The second kappa shape index (κ2) is 12.5. The van der Waals surface area contributed by atoms with Gasteiger partial charge in [0.2, 0.25) is 0 Å². The van der Waals surface area contributed by atoms with Crippen LogP contribution in [0.3, 0.4) is 0 Å². The quantitative estimate of drug-likeness (QED) is 0.108. The number of rotatable bonds is 9. The number of nitrogens with one attached hydrogen (secondary N) is 1. The lowest BCUT2D eigenvalue weighted by Gasteiger charge is -2.12. The number of anilines is 1. The molecule has 0 bridgehead atoms. The van der Waals surface area contributed by atoms with Crippen molar-refractivity contribution < 1.29 is 23.1 Å². The Bertz CT molecular complexity index is 1450. The molecule has 7 nitrogen and oxygen atoms in total. The van der Waals surface area contributed by atoms with Crippen LogP contribution in [0.1, 0.15) is 24.0 Å². The van der Waals surface area contributed by atoms with Gasteiger partial charge in [-0.3, -0.25) is 9.98 Å². The summed E-state index contributed by atoms with van der Waals surface area (Å²) in [5.41, 5.74) is 2.96. The number of benzene rings is 2. The molecule has 0 aliphatic carbocycles. The fourth-order valence-corrected chi connectivity index (χ4v) is 4.40. The van der Waals surface area contributed by atoms with E-state index in [2.05, 4.69) is 25.3 Å². The highest BCUT2D eigenvalue weighted by Gasteiger charge is 2.32. The molecule has 0 spiro atoms. The number of carboxylic acid groups (broad SMARTS) is 1. The third-order valence-electron chi connectivity index (χ3n) is 5.49. The molecule has 4 aromatic rings. The van der Waals surface area contributed by atoms with E-state index in [0.717, 1.165) is 40.8 Å². The van der Waals surface area contributed by atoms with Crippen molar-refractivity contribution >= 4 is 29.3 Å². The Kier molecular flexibility index (Phi) is 8.92. The molecular formula is C28H24F3N5O2S. The summed E-state index contributed by atoms with van der Waals surface area (Å²) in [6.07, 6.45) is -3.45. The van der Waals surface area contributed by atoms with Crippen LogP contribution in [-0.4, -0.2) is 37.9 Å². The number of carboxylic acids is 1. The number of hydrogen-bond donors (Lipinski definition) is 2. The Hall–Kier alpha value is -4.25. The topological polar surface area (TPSA) is 100 Å². The van der Waals surface area contributed by atoms with Gasteiger partial charge in [0.15, 0.2) is 11.2 Å². The number of amidine groups is 1. The maximum atomic E-state index is 12.9. The van der Waals surface area contributed by atoms with Crippen LogP contribution in [0.2, 0.25) is 0 Å². The summed E-state index contributed by atoms with van der Waals surface area (Å²) in [6, 6.07) is 22.5. The van der Waals surface area contributed by atoms with E-state index in [0.29, 0.717) is 17.2 Å². The molecule has 0 amide bonds. The highest BCUT2D eigenvalue weighted by molar-refractivity contribution is 7.98. The van der Waals surface area contributed by atoms with E-state index >= 15 is 0 Å². The van der Waals surface area contributed by atoms with E-state index in [-0.39, 0.29) is 17.3 Å². The molecule has 2 N–H and O–H groups in total. The normalized spacial score (nSPS) is 12.7. The predicted molar refractivity (Wildman–Crippen MR) is 145 cm³/mol. The molecule has 2 aromatic carbocycles. The monoisotopic (exact) mass is 551 g/mol. The van der Waals surface area contributed by atoms with E-state index in [9.17, 15) is 23.1 Å². The molecule has 0 aliphatic rings. The molecule has 0 fully saturated rings. The lowest BCUT2D eigenvalue weighted by molar-refractivity contribution is -0.141.